The maximum Gasteiger partial charge on any atom is 0.336 e. The first-order valence-electron chi connectivity index (χ1n) is 1.41. The molecule has 0 radical (unpaired) electrons. The second-order valence-corrected chi connectivity index (χ2v) is 1.72. The lowest BCUT2D eigenvalue weighted by Crippen LogP contribution is -1.84. The highest BCUT2D eigenvalue weighted by Gasteiger charge is 1.95. The standard InChI is InChI=1S/CFIN4/c2-1-4-5-6-7(1)3. The number of rotatable bonds is 0. The molecule has 0 saturated carbocycles. The molecule has 4 nitrogen and oxygen atoms in total. The van der Waals surface area contributed by atoms with Crippen LogP contribution >= 0.6 is 22.9 Å². The quantitative estimate of drug-likeness (QED) is 0.571. The summed E-state index contributed by atoms with van der Waals surface area (Å²) in [4.78, 5) is 0. The first-order valence-corrected chi connectivity index (χ1v) is 2.37. The smallest absolute Gasteiger partial charge is 0.159 e. The highest BCUT2D eigenvalue weighted by Crippen LogP contribution is 1.90. The number of nitrogens with zero attached hydrogens (tertiary/aromatic N) is 4. The van der Waals surface area contributed by atoms with E-state index in [1.54, 1.807) is 22.9 Å². The number of hydrogen-bond acceptors (Lipinski definition) is 3. The molecular formula is CFIN4. The van der Waals surface area contributed by atoms with E-state index in [0.717, 1.165) is 2.90 Å². The monoisotopic (exact) mass is 214 g/mol. The van der Waals surface area contributed by atoms with Crippen LogP contribution in [0.3, 0.4) is 0 Å². The first-order chi connectivity index (χ1) is 3.30. The maximum atomic E-state index is 11.8. The Morgan fingerprint density at radius 3 is 2.57 bits per heavy atom. The molecular weight excluding hydrogens is 214 g/mol. The van der Waals surface area contributed by atoms with Crippen LogP contribution in [0.25, 0.3) is 0 Å². The van der Waals surface area contributed by atoms with Gasteiger partial charge < -0.3 is 0 Å². The Balaban J connectivity index is 3.12. The molecule has 0 N–H and O–H groups in total. The van der Waals surface area contributed by atoms with Gasteiger partial charge in [0.05, 0.1) is 22.9 Å². The minimum Gasteiger partial charge on any atom is -0.159 e. The SMILES string of the molecule is Fc1nnnn1I. The molecule has 0 fully saturated rings. The van der Waals surface area contributed by atoms with Gasteiger partial charge in [0.2, 0.25) is 0 Å². The molecule has 0 amide bonds. The summed E-state index contributed by atoms with van der Waals surface area (Å²) in [6.45, 7) is 0. The molecule has 0 atom stereocenters. The summed E-state index contributed by atoms with van der Waals surface area (Å²) in [7, 11) is 0. The fourth-order valence-electron chi connectivity index (χ4n) is 0.166. The van der Waals surface area contributed by atoms with Crippen molar-refractivity contribution in [3.05, 3.63) is 6.08 Å². The lowest BCUT2D eigenvalue weighted by Gasteiger charge is -1.73. The van der Waals surface area contributed by atoms with Crippen LogP contribution < -0.4 is 0 Å². The van der Waals surface area contributed by atoms with Crippen molar-refractivity contribution >= 4 is 22.9 Å². The molecule has 1 aromatic heterocycles. The average Bonchev–Trinajstić information content (AvgIpc) is 1.91. The number of hydrogen-bond donors (Lipinski definition) is 0. The lowest BCUT2D eigenvalue weighted by atomic mass is 11.3. The van der Waals surface area contributed by atoms with Crippen molar-refractivity contribution in [3.8, 4) is 0 Å². The Morgan fingerprint density at radius 1 is 1.71 bits per heavy atom. The molecule has 0 aliphatic heterocycles. The molecule has 0 aromatic carbocycles. The van der Waals surface area contributed by atoms with Gasteiger partial charge in [-0.1, -0.05) is 5.10 Å². The fourth-order valence-corrected chi connectivity index (χ4v) is 0.349. The molecule has 0 aliphatic rings. The van der Waals surface area contributed by atoms with Crippen molar-refractivity contribution in [2.45, 2.75) is 0 Å². The maximum absolute atomic E-state index is 11.8. The van der Waals surface area contributed by atoms with Gasteiger partial charge in [-0.05, 0) is 10.4 Å². The van der Waals surface area contributed by atoms with Crippen molar-refractivity contribution in [1.29, 1.82) is 0 Å². The van der Waals surface area contributed by atoms with Crippen LogP contribution in [0, 0.1) is 6.08 Å². The summed E-state index contributed by atoms with van der Waals surface area (Å²) in [6, 6.07) is 0. The zero-order valence-electron chi connectivity index (χ0n) is 3.04. The van der Waals surface area contributed by atoms with E-state index < -0.39 is 6.08 Å². The van der Waals surface area contributed by atoms with E-state index in [0.29, 0.717) is 0 Å². The zero-order valence-corrected chi connectivity index (χ0v) is 5.20. The first kappa shape index (κ1) is 4.88. The summed E-state index contributed by atoms with van der Waals surface area (Å²) in [5, 5.41) is 9.13. The molecule has 1 aromatic rings. The molecule has 0 aliphatic carbocycles. The molecule has 38 valence electrons. The lowest BCUT2D eigenvalue weighted by molar-refractivity contribution is 0.535. The Bertz CT molecular complexity index is 144. The molecule has 0 unspecified atom stereocenters. The van der Waals surface area contributed by atoms with Crippen molar-refractivity contribution in [2.75, 3.05) is 0 Å². The molecule has 7 heavy (non-hydrogen) atoms. The van der Waals surface area contributed by atoms with E-state index >= 15 is 0 Å². The van der Waals surface area contributed by atoms with Crippen LogP contribution in [0.1, 0.15) is 0 Å². The van der Waals surface area contributed by atoms with Crippen LogP contribution in [0.5, 0.6) is 0 Å². The highest BCUT2D eigenvalue weighted by molar-refractivity contribution is 14.1. The molecule has 1 heterocycles. The normalized spacial score (nSPS) is 9.43. The van der Waals surface area contributed by atoms with Gasteiger partial charge in [0.15, 0.2) is 0 Å². The molecule has 0 saturated heterocycles. The highest BCUT2D eigenvalue weighted by atomic mass is 127. The molecule has 0 spiro atoms. The molecule has 0 bridgehead atoms. The minimum absolute atomic E-state index is 0.680. The summed E-state index contributed by atoms with van der Waals surface area (Å²) in [6.07, 6.45) is -0.680. The third kappa shape index (κ3) is 0.842. The zero-order chi connectivity index (χ0) is 5.28. The van der Waals surface area contributed by atoms with Crippen LogP contribution in [-0.4, -0.2) is 18.4 Å². The van der Waals surface area contributed by atoms with Crippen molar-refractivity contribution in [2.24, 2.45) is 0 Å². The van der Waals surface area contributed by atoms with Crippen molar-refractivity contribution in [3.63, 3.8) is 0 Å². The second kappa shape index (κ2) is 1.68. The van der Waals surface area contributed by atoms with Crippen LogP contribution in [0.2, 0.25) is 0 Å². The topological polar surface area (TPSA) is 43.6 Å². The van der Waals surface area contributed by atoms with E-state index in [4.69, 9.17) is 0 Å². The van der Waals surface area contributed by atoms with Gasteiger partial charge >= 0.3 is 6.08 Å². The summed E-state index contributed by atoms with van der Waals surface area (Å²) in [5.41, 5.74) is 0. The fraction of sp³-hybridized carbons (Fsp3) is 0. The minimum atomic E-state index is -0.680. The van der Waals surface area contributed by atoms with Gasteiger partial charge in [-0.2, -0.15) is 4.39 Å². The van der Waals surface area contributed by atoms with E-state index in [1.165, 1.54) is 0 Å². The number of aromatic nitrogens is 4. The van der Waals surface area contributed by atoms with Gasteiger partial charge in [-0.3, -0.25) is 0 Å². The number of tetrazole rings is 1. The summed E-state index contributed by atoms with van der Waals surface area (Å²) < 4.78 is 12.7. The summed E-state index contributed by atoms with van der Waals surface area (Å²) >= 11 is 1.63. The Hall–Kier alpha value is -0.270. The van der Waals surface area contributed by atoms with E-state index in [2.05, 4.69) is 15.5 Å². The summed E-state index contributed by atoms with van der Waals surface area (Å²) in [5.74, 6) is 0. The third-order valence-corrected chi connectivity index (χ3v) is 0.989. The van der Waals surface area contributed by atoms with Gasteiger partial charge in [-0.15, -0.1) is 2.90 Å². The van der Waals surface area contributed by atoms with Gasteiger partial charge in [0.25, 0.3) is 0 Å². The average molecular weight is 214 g/mol. The van der Waals surface area contributed by atoms with E-state index in [9.17, 15) is 4.39 Å². The van der Waals surface area contributed by atoms with E-state index in [-0.39, 0.29) is 0 Å². The van der Waals surface area contributed by atoms with Gasteiger partial charge in [0.1, 0.15) is 0 Å². The van der Waals surface area contributed by atoms with E-state index in [1.807, 2.05) is 0 Å². The molecule has 6 heteroatoms. The van der Waals surface area contributed by atoms with Crippen molar-refractivity contribution in [1.82, 2.24) is 18.4 Å². The Morgan fingerprint density at radius 2 is 2.43 bits per heavy atom. The predicted octanol–water partition coefficient (Wildman–Crippen LogP) is 0.0103. The van der Waals surface area contributed by atoms with Crippen LogP contribution in [0.15, 0.2) is 0 Å². The van der Waals surface area contributed by atoms with Crippen LogP contribution in [-0.2, 0) is 0 Å². The third-order valence-electron chi connectivity index (χ3n) is 0.398. The number of halogens is 2. The van der Waals surface area contributed by atoms with Crippen LogP contribution in [0.4, 0.5) is 4.39 Å². The van der Waals surface area contributed by atoms with Gasteiger partial charge in [0, 0.05) is 0 Å². The largest absolute Gasteiger partial charge is 0.336 e. The predicted molar refractivity (Wildman–Crippen MR) is 27.2 cm³/mol. The van der Waals surface area contributed by atoms with Crippen molar-refractivity contribution < 1.29 is 4.39 Å². The second-order valence-electron chi connectivity index (χ2n) is 0.808. The Kier molecular flexibility index (Phi) is 1.17. The molecule has 1 rings (SSSR count). The van der Waals surface area contributed by atoms with Gasteiger partial charge in [-0.25, -0.2) is 0 Å². The Labute approximate surface area is 52.2 Å².